The third-order valence-electron chi connectivity index (χ3n) is 4.21. The van der Waals surface area contributed by atoms with Crippen molar-refractivity contribution in [2.45, 2.75) is 11.8 Å². The van der Waals surface area contributed by atoms with E-state index in [1.54, 1.807) is 18.2 Å². The number of hydrogen-bond donors (Lipinski definition) is 1. The zero-order valence-electron chi connectivity index (χ0n) is 16.7. The van der Waals surface area contributed by atoms with Gasteiger partial charge in [-0.25, -0.2) is 0 Å². The molecule has 0 unspecified atom stereocenters. The maximum Gasteiger partial charge on any atom is 0.248 e. The zero-order valence-corrected chi connectivity index (χ0v) is 17.5. The van der Waals surface area contributed by atoms with Gasteiger partial charge in [0.1, 0.15) is 5.75 Å². The Bertz CT molecular complexity index is 997. The number of ketones is 1. The predicted molar refractivity (Wildman–Crippen MR) is 123 cm³/mol. The van der Waals surface area contributed by atoms with E-state index in [9.17, 15) is 9.59 Å². The molecular formula is C25H23NO3S. The van der Waals surface area contributed by atoms with E-state index in [-0.39, 0.29) is 11.7 Å². The lowest BCUT2D eigenvalue weighted by Gasteiger charge is -2.06. The van der Waals surface area contributed by atoms with Crippen molar-refractivity contribution in [3.63, 3.8) is 0 Å². The molecule has 0 saturated carbocycles. The van der Waals surface area contributed by atoms with E-state index in [0.717, 1.165) is 16.2 Å². The van der Waals surface area contributed by atoms with E-state index < -0.39 is 0 Å². The molecule has 3 aromatic carbocycles. The molecular weight excluding hydrogens is 394 g/mol. The highest BCUT2D eigenvalue weighted by Crippen LogP contribution is 2.22. The van der Waals surface area contributed by atoms with Gasteiger partial charge in [-0.1, -0.05) is 30.3 Å². The molecule has 0 saturated heterocycles. The summed E-state index contributed by atoms with van der Waals surface area (Å²) in [4.78, 5) is 25.4. The normalized spacial score (nSPS) is 10.7. The van der Waals surface area contributed by atoms with Gasteiger partial charge in [0.15, 0.2) is 5.78 Å². The highest BCUT2D eigenvalue weighted by molar-refractivity contribution is 8.00. The number of benzene rings is 3. The number of anilines is 1. The standard InChI is InChI=1S/C25H23NO3S/c1-2-29-22-13-9-20(10-14-22)24(27)18-30-23-15-11-21(12-16-23)26-25(28)17-8-19-6-4-3-5-7-19/h3-17H,2,18H2,1H3,(H,26,28)/b17-8+. The third kappa shape index (κ3) is 6.64. The molecule has 0 spiro atoms. The highest BCUT2D eigenvalue weighted by Gasteiger charge is 2.07. The number of carbonyl (C=O) groups is 2. The molecule has 152 valence electrons. The van der Waals surface area contributed by atoms with Crippen LogP contribution in [0.4, 0.5) is 5.69 Å². The Hall–Kier alpha value is -3.31. The first-order valence-corrected chi connectivity index (χ1v) is 10.7. The van der Waals surface area contributed by atoms with Crippen molar-refractivity contribution in [1.29, 1.82) is 0 Å². The molecule has 0 aliphatic carbocycles. The molecule has 3 aromatic rings. The van der Waals surface area contributed by atoms with Crippen molar-refractivity contribution >= 4 is 35.2 Å². The van der Waals surface area contributed by atoms with Crippen molar-refractivity contribution in [2.24, 2.45) is 0 Å². The van der Waals surface area contributed by atoms with Crippen molar-refractivity contribution in [3.05, 3.63) is 96.1 Å². The molecule has 0 aliphatic heterocycles. The number of ether oxygens (including phenoxy) is 1. The monoisotopic (exact) mass is 417 g/mol. The van der Waals surface area contributed by atoms with Crippen LogP contribution in [0.3, 0.4) is 0 Å². The van der Waals surface area contributed by atoms with Crippen molar-refractivity contribution in [2.75, 3.05) is 17.7 Å². The lowest BCUT2D eigenvalue weighted by Crippen LogP contribution is -2.07. The molecule has 0 radical (unpaired) electrons. The average molecular weight is 418 g/mol. The van der Waals surface area contributed by atoms with E-state index in [1.165, 1.54) is 17.8 Å². The number of rotatable bonds is 9. The molecule has 5 heteroatoms. The van der Waals surface area contributed by atoms with Crippen molar-refractivity contribution in [3.8, 4) is 5.75 Å². The molecule has 1 N–H and O–H groups in total. The van der Waals surface area contributed by atoms with E-state index in [0.29, 0.717) is 23.6 Å². The number of hydrogen-bond acceptors (Lipinski definition) is 4. The van der Waals surface area contributed by atoms with Crippen LogP contribution in [0.25, 0.3) is 6.08 Å². The van der Waals surface area contributed by atoms with Gasteiger partial charge in [-0.3, -0.25) is 9.59 Å². The Morgan fingerprint density at radius 2 is 1.63 bits per heavy atom. The van der Waals surface area contributed by atoms with Crippen LogP contribution in [0.15, 0.2) is 89.8 Å². The van der Waals surface area contributed by atoms with Crippen LogP contribution in [0.1, 0.15) is 22.8 Å². The van der Waals surface area contributed by atoms with E-state index in [4.69, 9.17) is 4.74 Å². The van der Waals surface area contributed by atoms with Gasteiger partial charge in [0.05, 0.1) is 12.4 Å². The summed E-state index contributed by atoms with van der Waals surface area (Å²) >= 11 is 1.47. The number of carbonyl (C=O) groups excluding carboxylic acids is 2. The molecule has 30 heavy (non-hydrogen) atoms. The summed E-state index contributed by atoms with van der Waals surface area (Å²) in [6.45, 7) is 2.52. The second kappa shape index (κ2) is 11.0. The largest absolute Gasteiger partial charge is 0.494 e. The van der Waals surface area contributed by atoms with Crippen LogP contribution < -0.4 is 10.1 Å². The molecule has 0 heterocycles. The first kappa shape index (κ1) is 21.4. The molecule has 0 bridgehead atoms. The van der Waals surface area contributed by atoms with Crippen molar-refractivity contribution < 1.29 is 14.3 Å². The SMILES string of the molecule is CCOc1ccc(C(=O)CSc2ccc(NC(=O)/C=C/c3ccccc3)cc2)cc1. The minimum absolute atomic E-state index is 0.0616. The van der Waals surface area contributed by atoms with Gasteiger partial charge in [-0.05, 0) is 67.1 Å². The minimum Gasteiger partial charge on any atom is -0.494 e. The summed E-state index contributed by atoms with van der Waals surface area (Å²) in [5, 5.41) is 2.83. The van der Waals surface area contributed by atoms with Gasteiger partial charge in [0, 0.05) is 22.2 Å². The van der Waals surface area contributed by atoms with Crippen LogP contribution in [0, 0.1) is 0 Å². The van der Waals surface area contributed by atoms with E-state index in [1.807, 2.05) is 73.7 Å². The fourth-order valence-corrected chi connectivity index (χ4v) is 3.48. The van der Waals surface area contributed by atoms with Gasteiger partial charge in [0.2, 0.25) is 5.91 Å². The lowest BCUT2D eigenvalue weighted by atomic mass is 10.1. The molecule has 0 aliphatic rings. The van der Waals surface area contributed by atoms with Gasteiger partial charge in [0.25, 0.3) is 0 Å². The maximum absolute atomic E-state index is 12.4. The Labute approximate surface area is 181 Å². The summed E-state index contributed by atoms with van der Waals surface area (Å²) < 4.78 is 5.40. The van der Waals surface area contributed by atoms with Crippen LogP contribution >= 0.6 is 11.8 Å². The van der Waals surface area contributed by atoms with Gasteiger partial charge >= 0.3 is 0 Å². The minimum atomic E-state index is -0.190. The van der Waals surface area contributed by atoms with Crippen molar-refractivity contribution in [1.82, 2.24) is 0 Å². The Kier molecular flexibility index (Phi) is 7.86. The summed E-state index contributed by atoms with van der Waals surface area (Å²) in [6, 6.07) is 24.3. The molecule has 3 rings (SSSR count). The molecule has 0 atom stereocenters. The second-order valence-corrected chi connectivity index (χ2v) is 7.48. The fraction of sp³-hybridized carbons (Fsp3) is 0.120. The predicted octanol–water partition coefficient (Wildman–Crippen LogP) is 5.71. The van der Waals surface area contributed by atoms with Gasteiger partial charge in [-0.2, -0.15) is 0 Å². The van der Waals surface area contributed by atoms with Crippen LogP contribution in [0.2, 0.25) is 0 Å². The molecule has 1 amide bonds. The molecule has 0 fully saturated rings. The zero-order chi connectivity index (χ0) is 21.2. The van der Waals surface area contributed by atoms with Crippen LogP contribution in [-0.2, 0) is 4.79 Å². The summed E-state index contributed by atoms with van der Waals surface area (Å²) in [6.07, 6.45) is 3.28. The molecule has 4 nitrogen and oxygen atoms in total. The smallest absolute Gasteiger partial charge is 0.248 e. The Morgan fingerprint density at radius 1 is 0.933 bits per heavy atom. The highest BCUT2D eigenvalue weighted by atomic mass is 32.2. The number of amides is 1. The summed E-state index contributed by atoms with van der Waals surface area (Å²) in [5.41, 5.74) is 2.34. The van der Waals surface area contributed by atoms with E-state index in [2.05, 4.69) is 5.32 Å². The fourth-order valence-electron chi connectivity index (χ4n) is 2.69. The third-order valence-corrected chi connectivity index (χ3v) is 5.22. The maximum atomic E-state index is 12.4. The lowest BCUT2D eigenvalue weighted by molar-refractivity contribution is -0.111. The number of Topliss-reactive ketones (excluding diaryl/α,β-unsaturated/α-hetero) is 1. The quantitative estimate of drug-likeness (QED) is 0.275. The molecule has 0 aromatic heterocycles. The first-order valence-electron chi connectivity index (χ1n) is 9.67. The Morgan fingerprint density at radius 3 is 2.30 bits per heavy atom. The summed E-state index contributed by atoms with van der Waals surface area (Å²) in [5.74, 6) is 0.980. The second-order valence-electron chi connectivity index (χ2n) is 6.43. The van der Waals surface area contributed by atoms with E-state index >= 15 is 0 Å². The topological polar surface area (TPSA) is 55.4 Å². The van der Waals surface area contributed by atoms with Gasteiger partial charge < -0.3 is 10.1 Å². The van der Waals surface area contributed by atoms with Crippen LogP contribution in [0.5, 0.6) is 5.75 Å². The Balaban J connectivity index is 1.48. The van der Waals surface area contributed by atoms with Crippen LogP contribution in [-0.4, -0.2) is 24.1 Å². The average Bonchev–Trinajstić information content (AvgIpc) is 2.78. The number of nitrogens with one attached hydrogen (secondary N) is 1. The first-order chi connectivity index (χ1) is 14.6. The summed E-state index contributed by atoms with van der Waals surface area (Å²) in [7, 11) is 0. The van der Waals surface area contributed by atoms with Gasteiger partial charge in [-0.15, -0.1) is 11.8 Å². The number of thioether (sulfide) groups is 1.